The number of ketones is 1. The highest BCUT2D eigenvalue weighted by molar-refractivity contribution is 6.07. The summed E-state index contributed by atoms with van der Waals surface area (Å²) >= 11 is 0. The number of hydrogen-bond donors (Lipinski definition) is 1. The van der Waals surface area contributed by atoms with Crippen LogP contribution in [-0.4, -0.2) is 32.2 Å². The summed E-state index contributed by atoms with van der Waals surface area (Å²) in [5, 5.41) is 9.85. The summed E-state index contributed by atoms with van der Waals surface area (Å²) in [6, 6.07) is 7.08. The Bertz CT molecular complexity index is 758. The third kappa shape index (κ3) is 3.65. The van der Waals surface area contributed by atoms with Gasteiger partial charge in [0.25, 0.3) is 0 Å². The van der Waals surface area contributed by atoms with Crippen LogP contribution in [0.25, 0.3) is 6.08 Å². The molecular weight excluding hydrogens is 315 g/mol. The second-order valence-corrected chi connectivity index (χ2v) is 4.82. The molecule has 5 nitrogen and oxygen atoms in total. The molecule has 24 heavy (non-hydrogen) atoms. The van der Waals surface area contributed by atoms with E-state index in [0.29, 0.717) is 11.3 Å². The fraction of sp³-hybridized carbons (Fsp3) is 0.167. The van der Waals surface area contributed by atoms with Crippen LogP contribution in [0.3, 0.4) is 0 Å². The third-order valence-electron chi connectivity index (χ3n) is 3.37. The molecule has 0 heterocycles. The Balaban J connectivity index is 2.29. The Morgan fingerprint density at radius 1 is 1.04 bits per heavy atom. The minimum Gasteiger partial charge on any atom is -0.502 e. The first-order valence-electron chi connectivity index (χ1n) is 7.01. The van der Waals surface area contributed by atoms with Gasteiger partial charge in [0, 0.05) is 6.07 Å². The molecule has 2 aromatic rings. The van der Waals surface area contributed by atoms with Crippen LogP contribution in [0.5, 0.6) is 23.0 Å². The topological polar surface area (TPSA) is 65.0 Å². The summed E-state index contributed by atoms with van der Waals surface area (Å²) in [5.74, 6) is -0.550. The quantitative estimate of drug-likeness (QED) is 0.648. The lowest BCUT2D eigenvalue weighted by Gasteiger charge is -2.09. The molecule has 0 unspecified atom stereocenters. The van der Waals surface area contributed by atoms with Gasteiger partial charge in [-0.1, -0.05) is 6.08 Å². The number of methoxy groups -OCH3 is 3. The molecule has 126 valence electrons. The van der Waals surface area contributed by atoms with E-state index in [4.69, 9.17) is 14.2 Å². The van der Waals surface area contributed by atoms with Crippen molar-refractivity contribution >= 4 is 11.9 Å². The second-order valence-electron chi connectivity index (χ2n) is 4.82. The molecule has 2 rings (SSSR count). The van der Waals surface area contributed by atoms with Gasteiger partial charge >= 0.3 is 0 Å². The number of carbonyl (C=O) groups excluding carboxylic acids is 1. The van der Waals surface area contributed by atoms with Crippen LogP contribution in [0, 0.1) is 5.82 Å². The summed E-state index contributed by atoms with van der Waals surface area (Å²) in [6.07, 6.45) is 2.71. The van der Waals surface area contributed by atoms with Gasteiger partial charge in [-0.15, -0.1) is 0 Å². The highest BCUT2D eigenvalue weighted by atomic mass is 19.1. The van der Waals surface area contributed by atoms with Gasteiger partial charge in [-0.05, 0) is 35.9 Å². The van der Waals surface area contributed by atoms with Crippen molar-refractivity contribution in [3.05, 3.63) is 53.4 Å². The number of benzene rings is 2. The van der Waals surface area contributed by atoms with Crippen LogP contribution in [0.1, 0.15) is 15.9 Å². The van der Waals surface area contributed by atoms with Gasteiger partial charge in [0.15, 0.2) is 17.3 Å². The Labute approximate surface area is 138 Å². The fourth-order valence-corrected chi connectivity index (χ4v) is 2.09. The van der Waals surface area contributed by atoms with Gasteiger partial charge in [0.1, 0.15) is 11.6 Å². The lowest BCUT2D eigenvalue weighted by molar-refractivity contribution is 0.104. The molecule has 0 aromatic heterocycles. The molecule has 0 bridgehead atoms. The van der Waals surface area contributed by atoms with Crippen molar-refractivity contribution in [3.8, 4) is 23.0 Å². The van der Waals surface area contributed by atoms with Crippen LogP contribution < -0.4 is 14.2 Å². The van der Waals surface area contributed by atoms with E-state index in [0.717, 1.165) is 6.07 Å². The van der Waals surface area contributed by atoms with Crippen molar-refractivity contribution in [2.45, 2.75) is 0 Å². The molecule has 0 spiro atoms. The van der Waals surface area contributed by atoms with Crippen LogP contribution in [0.4, 0.5) is 4.39 Å². The zero-order chi connectivity index (χ0) is 17.7. The minimum atomic E-state index is -0.662. The monoisotopic (exact) mass is 332 g/mol. The average Bonchev–Trinajstić information content (AvgIpc) is 2.60. The Morgan fingerprint density at radius 3 is 2.17 bits per heavy atom. The summed E-state index contributed by atoms with van der Waals surface area (Å²) < 4.78 is 28.9. The predicted octanol–water partition coefficient (Wildman–Crippen LogP) is 3.45. The summed E-state index contributed by atoms with van der Waals surface area (Å²) in [6.45, 7) is 0. The maximum Gasteiger partial charge on any atom is 0.200 e. The number of hydrogen-bond acceptors (Lipinski definition) is 5. The first-order chi connectivity index (χ1) is 11.5. The van der Waals surface area contributed by atoms with E-state index >= 15 is 0 Å². The molecule has 2 aromatic carbocycles. The molecule has 0 saturated heterocycles. The zero-order valence-electron chi connectivity index (χ0n) is 13.5. The number of phenolic OH excluding ortho intramolecular Hbond substituents is 1. The molecule has 0 saturated carbocycles. The van der Waals surface area contributed by atoms with Crippen molar-refractivity contribution in [2.75, 3.05) is 21.3 Å². The molecule has 0 aliphatic carbocycles. The number of aromatic hydroxyl groups is 1. The molecule has 0 amide bonds. The summed E-state index contributed by atoms with van der Waals surface area (Å²) in [5.41, 5.74) is 0.494. The lowest BCUT2D eigenvalue weighted by atomic mass is 10.1. The molecular formula is C18H17FO5. The van der Waals surface area contributed by atoms with E-state index in [2.05, 4.69) is 0 Å². The number of carbonyl (C=O) groups is 1. The van der Waals surface area contributed by atoms with Gasteiger partial charge in [-0.2, -0.15) is 0 Å². The molecule has 0 aliphatic rings. The number of rotatable bonds is 6. The van der Waals surface area contributed by atoms with Crippen LogP contribution >= 0.6 is 0 Å². The van der Waals surface area contributed by atoms with Crippen molar-refractivity contribution in [1.29, 1.82) is 0 Å². The minimum absolute atomic E-state index is 0.0650. The number of allylic oxidation sites excluding steroid dienone is 1. The van der Waals surface area contributed by atoms with Crippen LogP contribution in [0.15, 0.2) is 36.4 Å². The maximum atomic E-state index is 13.9. The predicted molar refractivity (Wildman–Crippen MR) is 87.5 cm³/mol. The van der Waals surface area contributed by atoms with Gasteiger partial charge in [0.05, 0.1) is 26.9 Å². The van der Waals surface area contributed by atoms with Crippen LogP contribution in [-0.2, 0) is 0 Å². The van der Waals surface area contributed by atoms with Crippen LogP contribution in [0.2, 0.25) is 0 Å². The smallest absolute Gasteiger partial charge is 0.200 e. The van der Waals surface area contributed by atoms with Gasteiger partial charge < -0.3 is 19.3 Å². The lowest BCUT2D eigenvalue weighted by Crippen LogP contribution is -1.99. The van der Waals surface area contributed by atoms with E-state index in [-0.39, 0.29) is 22.8 Å². The Morgan fingerprint density at radius 2 is 1.67 bits per heavy atom. The fourth-order valence-electron chi connectivity index (χ4n) is 2.09. The highest BCUT2D eigenvalue weighted by Crippen LogP contribution is 2.37. The molecule has 0 fully saturated rings. The standard InChI is InChI=1S/C18H17FO5/c1-22-12-5-6-13(14(19)10-12)15(20)7-4-11-8-16(23-2)18(21)17(9-11)24-3/h4-10,21H,1-3H3/b7-4+. The van der Waals surface area contributed by atoms with Gasteiger partial charge in [0.2, 0.25) is 5.75 Å². The summed E-state index contributed by atoms with van der Waals surface area (Å²) in [7, 11) is 4.22. The largest absolute Gasteiger partial charge is 0.502 e. The van der Waals surface area contributed by atoms with E-state index < -0.39 is 11.6 Å². The van der Waals surface area contributed by atoms with Crippen molar-refractivity contribution in [2.24, 2.45) is 0 Å². The molecule has 0 aliphatic heterocycles. The van der Waals surface area contributed by atoms with Gasteiger partial charge in [-0.25, -0.2) is 4.39 Å². The number of phenols is 1. The van der Waals surface area contributed by atoms with Gasteiger partial charge in [-0.3, -0.25) is 4.79 Å². The van der Waals surface area contributed by atoms with E-state index in [9.17, 15) is 14.3 Å². The van der Waals surface area contributed by atoms with Crippen molar-refractivity contribution in [1.82, 2.24) is 0 Å². The molecule has 6 heteroatoms. The second kappa shape index (κ2) is 7.50. The number of ether oxygens (including phenoxy) is 3. The van der Waals surface area contributed by atoms with E-state index in [1.165, 1.54) is 57.7 Å². The first kappa shape index (κ1) is 17.3. The van der Waals surface area contributed by atoms with Crippen molar-refractivity contribution in [3.63, 3.8) is 0 Å². The van der Waals surface area contributed by atoms with Crippen molar-refractivity contribution < 1.29 is 28.5 Å². The Kier molecular flexibility index (Phi) is 5.42. The SMILES string of the molecule is COc1ccc(C(=O)/C=C/c2cc(OC)c(O)c(OC)c2)c(F)c1. The zero-order valence-corrected chi connectivity index (χ0v) is 13.5. The molecule has 0 atom stereocenters. The van der Waals surface area contributed by atoms with E-state index in [1.54, 1.807) is 0 Å². The third-order valence-corrected chi connectivity index (χ3v) is 3.37. The molecule has 0 radical (unpaired) electrons. The first-order valence-corrected chi connectivity index (χ1v) is 7.01. The highest BCUT2D eigenvalue weighted by Gasteiger charge is 2.12. The maximum absolute atomic E-state index is 13.9. The normalized spacial score (nSPS) is 10.7. The molecule has 1 N–H and O–H groups in total. The number of halogens is 1. The Hall–Kier alpha value is -3.02. The summed E-state index contributed by atoms with van der Waals surface area (Å²) in [4.78, 5) is 12.1. The van der Waals surface area contributed by atoms with E-state index in [1.807, 2.05) is 0 Å². The average molecular weight is 332 g/mol.